The maximum absolute atomic E-state index is 11.9. The third-order valence-electron chi connectivity index (χ3n) is 2.48. The van der Waals surface area contributed by atoms with Gasteiger partial charge in [-0.3, -0.25) is 4.79 Å². The van der Waals surface area contributed by atoms with Crippen molar-refractivity contribution in [3.05, 3.63) is 0 Å². The normalized spacial score (nSPS) is 18.3. The van der Waals surface area contributed by atoms with Gasteiger partial charge < -0.3 is 15.3 Å². The Hall–Kier alpha value is -0.820. The van der Waals surface area contributed by atoms with Crippen LogP contribution in [-0.4, -0.2) is 54.4 Å². The second-order valence-electron chi connectivity index (χ2n) is 3.92. The van der Waals surface area contributed by atoms with Crippen LogP contribution in [0.5, 0.6) is 0 Å². The number of alkyl halides is 3. The Labute approximate surface area is 91.4 Å². The summed E-state index contributed by atoms with van der Waals surface area (Å²) >= 11 is 0. The number of amides is 1. The summed E-state index contributed by atoms with van der Waals surface area (Å²) in [7, 11) is 1.63. The van der Waals surface area contributed by atoms with Gasteiger partial charge in [0.1, 0.15) is 0 Å². The number of hydrogen-bond acceptors (Lipinski definition) is 3. The summed E-state index contributed by atoms with van der Waals surface area (Å²) in [5, 5.41) is 10.9. The lowest BCUT2D eigenvalue weighted by Crippen LogP contribution is -2.43. The van der Waals surface area contributed by atoms with E-state index in [0.29, 0.717) is 0 Å². The van der Waals surface area contributed by atoms with Gasteiger partial charge in [0.2, 0.25) is 5.91 Å². The Bertz CT molecular complexity index is 254. The van der Waals surface area contributed by atoms with Crippen molar-refractivity contribution in [1.29, 1.82) is 0 Å². The molecule has 0 bridgehead atoms. The molecule has 2 N–H and O–H groups in total. The molecule has 0 aromatic rings. The fourth-order valence-electron chi connectivity index (χ4n) is 1.22. The third-order valence-corrected chi connectivity index (χ3v) is 2.48. The predicted octanol–water partition coefficient (Wildman–Crippen LogP) is 0.120. The van der Waals surface area contributed by atoms with E-state index in [1.165, 1.54) is 4.90 Å². The molecule has 1 rings (SSSR count). The van der Waals surface area contributed by atoms with Crippen LogP contribution in [-0.2, 0) is 4.79 Å². The zero-order valence-corrected chi connectivity index (χ0v) is 8.92. The third kappa shape index (κ3) is 3.97. The van der Waals surface area contributed by atoms with E-state index in [1.807, 2.05) is 0 Å². The molecule has 1 unspecified atom stereocenters. The van der Waals surface area contributed by atoms with E-state index in [4.69, 9.17) is 5.11 Å². The molecule has 4 nitrogen and oxygen atoms in total. The average Bonchev–Trinajstić information content (AvgIpc) is 2.97. The second kappa shape index (κ2) is 5.01. The zero-order valence-electron chi connectivity index (χ0n) is 8.92. The highest BCUT2D eigenvalue weighted by atomic mass is 19.4. The molecule has 1 aliphatic rings. The minimum atomic E-state index is -4.64. The van der Waals surface area contributed by atoms with E-state index in [1.54, 1.807) is 7.05 Å². The van der Waals surface area contributed by atoms with Gasteiger partial charge in [-0.15, -0.1) is 0 Å². The number of aliphatic hydroxyl groups excluding tert-OH is 1. The van der Waals surface area contributed by atoms with E-state index >= 15 is 0 Å². The van der Waals surface area contributed by atoms with Crippen molar-refractivity contribution >= 4 is 5.91 Å². The van der Waals surface area contributed by atoms with E-state index in [-0.39, 0.29) is 18.5 Å². The maximum atomic E-state index is 11.9. The quantitative estimate of drug-likeness (QED) is 0.717. The number of carbonyl (C=O) groups excluding carboxylic acids is 1. The fraction of sp³-hybridized carbons (Fsp3) is 0.889. The summed E-state index contributed by atoms with van der Waals surface area (Å²) in [5.74, 6) is -0.253. The monoisotopic (exact) mass is 240 g/mol. The van der Waals surface area contributed by atoms with E-state index in [2.05, 4.69) is 5.32 Å². The lowest BCUT2D eigenvalue weighted by molar-refractivity contribution is -0.201. The summed E-state index contributed by atoms with van der Waals surface area (Å²) in [4.78, 5) is 12.9. The fourth-order valence-corrected chi connectivity index (χ4v) is 1.22. The number of halogens is 3. The second-order valence-corrected chi connectivity index (χ2v) is 3.92. The number of rotatable bonds is 5. The SMILES string of the molecule is CN(C(=O)CNCC(O)C(F)(F)F)C1CC1. The van der Waals surface area contributed by atoms with E-state index in [0.717, 1.165) is 12.8 Å². The first kappa shape index (κ1) is 13.2. The summed E-state index contributed by atoms with van der Waals surface area (Å²) in [6.07, 6.45) is -5.16. The number of nitrogens with zero attached hydrogens (tertiary/aromatic N) is 1. The lowest BCUT2D eigenvalue weighted by Gasteiger charge is -2.18. The van der Waals surface area contributed by atoms with Crippen molar-refractivity contribution in [2.45, 2.75) is 31.2 Å². The standard InChI is InChI=1S/C9H15F3N2O2/c1-14(6-2-3-6)8(16)5-13-4-7(15)9(10,11)12/h6-7,13,15H,2-5H2,1H3. The number of hydrogen-bond donors (Lipinski definition) is 2. The molecule has 1 aliphatic carbocycles. The lowest BCUT2D eigenvalue weighted by atomic mass is 10.3. The molecule has 1 atom stereocenters. The van der Waals surface area contributed by atoms with E-state index < -0.39 is 18.8 Å². The van der Waals surface area contributed by atoms with Crippen LogP contribution in [0.15, 0.2) is 0 Å². The molecule has 16 heavy (non-hydrogen) atoms. The molecule has 7 heteroatoms. The number of likely N-dealkylation sites (N-methyl/N-ethyl adjacent to an activating group) is 1. The highest BCUT2D eigenvalue weighted by molar-refractivity contribution is 5.78. The van der Waals surface area contributed by atoms with Gasteiger partial charge >= 0.3 is 6.18 Å². The van der Waals surface area contributed by atoms with Crippen LogP contribution < -0.4 is 5.32 Å². The number of carbonyl (C=O) groups is 1. The summed E-state index contributed by atoms with van der Waals surface area (Å²) < 4.78 is 35.7. The Morgan fingerprint density at radius 1 is 1.56 bits per heavy atom. The maximum Gasteiger partial charge on any atom is 0.415 e. The van der Waals surface area contributed by atoms with Crippen molar-refractivity contribution in [1.82, 2.24) is 10.2 Å². The average molecular weight is 240 g/mol. The summed E-state index contributed by atoms with van der Waals surface area (Å²) in [5.41, 5.74) is 0. The van der Waals surface area contributed by atoms with Crippen molar-refractivity contribution < 1.29 is 23.1 Å². The number of aliphatic hydroxyl groups is 1. The zero-order chi connectivity index (χ0) is 12.3. The first-order valence-corrected chi connectivity index (χ1v) is 5.03. The van der Waals surface area contributed by atoms with Gasteiger partial charge in [-0.25, -0.2) is 0 Å². The van der Waals surface area contributed by atoms with Gasteiger partial charge in [0.05, 0.1) is 6.54 Å². The molecule has 0 saturated heterocycles. The highest BCUT2D eigenvalue weighted by Crippen LogP contribution is 2.25. The van der Waals surface area contributed by atoms with Crippen LogP contribution >= 0.6 is 0 Å². The Morgan fingerprint density at radius 2 is 2.12 bits per heavy atom. The van der Waals surface area contributed by atoms with Crippen LogP contribution in [0.2, 0.25) is 0 Å². The molecule has 0 aliphatic heterocycles. The summed E-state index contributed by atoms with van der Waals surface area (Å²) in [6, 6.07) is 0.238. The van der Waals surface area contributed by atoms with Crippen molar-refractivity contribution in [3.8, 4) is 0 Å². The molecule has 0 aromatic carbocycles. The van der Waals surface area contributed by atoms with Crippen molar-refractivity contribution in [2.24, 2.45) is 0 Å². The van der Waals surface area contributed by atoms with Gasteiger partial charge in [-0.05, 0) is 12.8 Å². The topological polar surface area (TPSA) is 52.6 Å². The first-order chi connectivity index (χ1) is 7.32. The van der Waals surface area contributed by atoms with Crippen LogP contribution in [0.25, 0.3) is 0 Å². The van der Waals surface area contributed by atoms with Gasteiger partial charge in [0, 0.05) is 19.6 Å². The summed E-state index contributed by atoms with van der Waals surface area (Å²) in [6.45, 7) is -0.839. The largest absolute Gasteiger partial charge is 0.415 e. The van der Waals surface area contributed by atoms with Gasteiger partial charge in [-0.2, -0.15) is 13.2 Å². The molecule has 1 saturated carbocycles. The molecule has 94 valence electrons. The minimum Gasteiger partial charge on any atom is -0.382 e. The van der Waals surface area contributed by atoms with Crippen LogP contribution in [0.4, 0.5) is 13.2 Å². The number of nitrogens with one attached hydrogen (secondary N) is 1. The molecular weight excluding hydrogens is 225 g/mol. The molecule has 0 radical (unpaired) electrons. The molecule has 1 amide bonds. The van der Waals surface area contributed by atoms with Gasteiger partial charge in [0.25, 0.3) is 0 Å². The van der Waals surface area contributed by atoms with E-state index in [9.17, 15) is 18.0 Å². The smallest absolute Gasteiger partial charge is 0.382 e. The van der Waals surface area contributed by atoms with Crippen LogP contribution in [0.3, 0.4) is 0 Å². The van der Waals surface area contributed by atoms with Crippen LogP contribution in [0, 0.1) is 0 Å². The highest BCUT2D eigenvalue weighted by Gasteiger charge is 2.38. The van der Waals surface area contributed by atoms with Gasteiger partial charge in [0.15, 0.2) is 6.10 Å². The Kier molecular flexibility index (Phi) is 4.15. The van der Waals surface area contributed by atoms with Gasteiger partial charge in [-0.1, -0.05) is 0 Å². The minimum absolute atomic E-state index is 0.180. The van der Waals surface area contributed by atoms with Crippen molar-refractivity contribution in [2.75, 3.05) is 20.1 Å². The Balaban J connectivity index is 2.17. The van der Waals surface area contributed by atoms with Crippen molar-refractivity contribution in [3.63, 3.8) is 0 Å². The Morgan fingerprint density at radius 3 is 2.56 bits per heavy atom. The molecule has 0 spiro atoms. The first-order valence-electron chi connectivity index (χ1n) is 5.03. The molecule has 0 heterocycles. The molecule has 0 aromatic heterocycles. The predicted molar refractivity (Wildman–Crippen MR) is 50.7 cm³/mol. The van der Waals surface area contributed by atoms with Crippen LogP contribution in [0.1, 0.15) is 12.8 Å². The molecular formula is C9H15F3N2O2. The molecule has 1 fully saturated rings.